The van der Waals surface area contributed by atoms with Crippen molar-refractivity contribution in [1.29, 1.82) is 0 Å². The highest BCUT2D eigenvalue weighted by molar-refractivity contribution is 6.04. The largest absolute Gasteiger partial charge is 0.459 e. The molecule has 140 valence electrons. The highest BCUT2D eigenvalue weighted by Crippen LogP contribution is 2.36. The molecule has 0 radical (unpaired) electrons. The van der Waals surface area contributed by atoms with Crippen LogP contribution in [0.15, 0.2) is 34.7 Å². The minimum Gasteiger partial charge on any atom is -0.459 e. The lowest BCUT2D eigenvalue weighted by Gasteiger charge is -2.28. The smallest absolute Gasteiger partial charge is 0.268 e. The molecule has 0 spiro atoms. The van der Waals surface area contributed by atoms with Gasteiger partial charge in [-0.05, 0) is 43.4 Å². The summed E-state index contributed by atoms with van der Waals surface area (Å²) in [5.41, 5.74) is 3.48. The Kier molecular flexibility index (Phi) is 3.98. The van der Waals surface area contributed by atoms with Crippen molar-refractivity contribution in [3.8, 4) is 0 Å². The Morgan fingerprint density at radius 3 is 2.74 bits per heavy atom. The fourth-order valence-electron chi connectivity index (χ4n) is 4.02. The number of ketones is 1. The van der Waals surface area contributed by atoms with Crippen LogP contribution in [0.3, 0.4) is 0 Å². The van der Waals surface area contributed by atoms with Crippen molar-refractivity contribution in [2.75, 3.05) is 0 Å². The first-order valence-corrected chi connectivity index (χ1v) is 9.29. The average molecular weight is 364 g/mol. The van der Waals surface area contributed by atoms with Gasteiger partial charge in [0, 0.05) is 23.1 Å². The van der Waals surface area contributed by atoms with Gasteiger partial charge in [-0.3, -0.25) is 9.59 Å². The molecule has 27 heavy (non-hydrogen) atoms. The molecule has 0 saturated heterocycles. The first-order chi connectivity index (χ1) is 12.7. The molecule has 1 unspecified atom stereocenters. The lowest BCUT2D eigenvalue weighted by Crippen LogP contribution is -2.27. The lowest BCUT2D eigenvalue weighted by molar-refractivity contribution is 0.0908. The Morgan fingerprint density at radius 1 is 1.26 bits per heavy atom. The maximum atomic E-state index is 12.9. The van der Waals surface area contributed by atoms with Crippen LogP contribution in [0.1, 0.15) is 71.1 Å². The number of nitrogens with one attached hydrogen (secondary N) is 2. The summed E-state index contributed by atoms with van der Waals surface area (Å²) in [4.78, 5) is 28.6. The highest BCUT2D eigenvalue weighted by atomic mass is 16.3. The Labute approximate surface area is 158 Å². The van der Waals surface area contributed by atoms with Crippen molar-refractivity contribution >= 4 is 22.7 Å². The molecular formula is C22H24N2O3. The third-order valence-corrected chi connectivity index (χ3v) is 5.35. The zero-order valence-electron chi connectivity index (χ0n) is 16.1. The summed E-state index contributed by atoms with van der Waals surface area (Å²) in [6.45, 7) is 7.88. The second-order valence-corrected chi connectivity index (χ2v) is 8.30. The van der Waals surface area contributed by atoms with Crippen LogP contribution >= 0.6 is 0 Å². The zero-order valence-corrected chi connectivity index (χ0v) is 16.1. The second-order valence-electron chi connectivity index (χ2n) is 8.30. The minimum atomic E-state index is -0.281. The number of fused-ring (bicyclic) bond motifs is 2. The van der Waals surface area contributed by atoms with Gasteiger partial charge in [0.1, 0.15) is 17.0 Å². The maximum Gasteiger partial charge on any atom is 0.268 e. The van der Waals surface area contributed by atoms with Crippen LogP contribution in [0.5, 0.6) is 0 Å². The molecule has 0 fully saturated rings. The van der Waals surface area contributed by atoms with Crippen LogP contribution in [-0.4, -0.2) is 16.7 Å². The molecule has 1 atom stereocenters. The summed E-state index contributed by atoms with van der Waals surface area (Å²) < 4.78 is 5.84. The first kappa shape index (κ1) is 17.6. The van der Waals surface area contributed by atoms with Gasteiger partial charge in [-0.25, -0.2) is 0 Å². The number of rotatable bonds is 3. The third-order valence-electron chi connectivity index (χ3n) is 5.35. The van der Waals surface area contributed by atoms with Crippen molar-refractivity contribution in [2.24, 2.45) is 5.41 Å². The number of H-pyrrole nitrogens is 1. The van der Waals surface area contributed by atoms with E-state index in [1.54, 1.807) is 0 Å². The van der Waals surface area contributed by atoms with E-state index in [4.69, 9.17) is 4.42 Å². The molecule has 0 saturated carbocycles. The Bertz CT molecular complexity index is 1020. The van der Waals surface area contributed by atoms with Gasteiger partial charge in [-0.1, -0.05) is 32.0 Å². The van der Waals surface area contributed by atoms with Gasteiger partial charge in [-0.15, -0.1) is 0 Å². The van der Waals surface area contributed by atoms with Gasteiger partial charge in [0.2, 0.25) is 0 Å². The topological polar surface area (TPSA) is 75.1 Å². The predicted octanol–water partition coefficient (Wildman–Crippen LogP) is 4.72. The summed E-state index contributed by atoms with van der Waals surface area (Å²) in [5.74, 6) is 0.593. The van der Waals surface area contributed by atoms with E-state index in [0.29, 0.717) is 23.4 Å². The monoisotopic (exact) mass is 364 g/mol. The van der Waals surface area contributed by atoms with E-state index in [2.05, 4.69) is 24.1 Å². The van der Waals surface area contributed by atoms with Crippen molar-refractivity contribution in [1.82, 2.24) is 10.3 Å². The summed E-state index contributed by atoms with van der Waals surface area (Å²) >= 11 is 0. The molecule has 5 nitrogen and oxygen atoms in total. The molecule has 0 bridgehead atoms. The summed E-state index contributed by atoms with van der Waals surface area (Å²) in [6.07, 6.45) is 1.27. The fraction of sp³-hybridized carbons (Fsp3) is 0.364. The summed E-state index contributed by atoms with van der Waals surface area (Å²) in [6, 6.07) is 9.42. The van der Waals surface area contributed by atoms with E-state index in [9.17, 15) is 9.59 Å². The molecule has 2 heterocycles. The molecule has 1 amide bonds. The summed E-state index contributed by atoms with van der Waals surface area (Å²) in [7, 11) is 0. The number of hydrogen-bond acceptors (Lipinski definition) is 3. The third kappa shape index (κ3) is 3.07. The molecule has 0 aliphatic heterocycles. The number of carbonyl (C=O) groups excluding carboxylic acids is 2. The van der Waals surface area contributed by atoms with Crippen LogP contribution in [0.25, 0.3) is 11.0 Å². The fourth-order valence-corrected chi connectivity index (χ4v) is 4.02. The number of aromatic nitrogens is 1. The highest BCUT2D eigenvalue weighted by Gasteiger charge is 2.35. The van der Waals surface area contributed by atoms with Crippen molar-refractivity contribution < 1.29 is 14.0 Å². The Morgan fingerprint density at radius 2 is 2.00 bits per heavy atom. The van der Waals surface area contributed by atoms with Crippen molar-refractivity contribution in [3.05, 3.63) is 58.6 Å². The normalized spacial score (nSPS) is 17.0. The number of amides is 1. The molecule has 3 aromatic rings. The van der Waals surface area contributed by atoms with E-state index in [1.807, 2.05) is 44.2 Å². The number of para-hydroxylation sites is 1. The molecule has 1 aliphatic carbocycles. The van der Waals surface area contributed by atoms with Crippen LogP contribution in [0, 0.1) is 12.3 Å². The molecule has 2 N–H and O–H groups in total. The number of aromatic amines is 1. The van der Waals surface area contributed by atoms with Crippen molar-refractivity contribution in [3.63, 3.8) is 0 Å². The van der Waals surface area contributed by atoms with E-state index in [0.717, 1.165) is 28.6 Å². The molecule has 4 rings (SSSR count). The quantitative estimate of drug-likeness (QED) is 0.706. The molecule has 5 heteroatoms. The molecule has 1 aromatic carbocycles. The molecular weight excluding hydrogens is 340 g/mol. The SMILES string of the molecule is Cc1c(C(=O)NC(C)c2cc3ccccc3o2)[nH]c2c1C(=O)CC(C)(C)C2. The predicted molar refractivity (Wildman–Crippen MR) is 104 cm³/mol. The number of Topliss-reactive ketones (excluding diaryl/α,β-unsaturated/α-hetero) is 1. The van der Waals surface area contributed by atoms with E-state index >= 15 is 0 Å². The average Bonchev–Trinajstić information content (AvgIpc) is 3.15. The van der Waals surface area contributed by atoms with Gasteiger partial charge in [-0.2, -0.15) is 0 Å². The minimum absolute atomic E-state index is 0.0866. The van der Waals surface area contributed by atoms with E-state index < -0.39 is 0 Å². The lowest BCUT2D eigenvalue weighted by atomic mass is 9.75. The van der Waals surface area contributed by atoms with Gasteiger partial charge in [0.15, 0.2) is 5.78 Å². The number of carbonyl (C=O) groups is 2. The van der Waals surface area contributed by atoms with Gasteiger partial charge in [0.25, 0.3) is 5.91 Å². The molecule has 2 aromatic heterocycles. The van der Waals surface area contributed by atoms with Crippen LogP contribution in [0.2, 0.25) is 0 Å². The summed E-state index contributed by atoms with van der Waals surface area (Å²) in [5, 5.41) is 3.99. The van der Waals surface area contributed by atoms with E-state index in [1.165, 1.54) is 0 Å². The Balaban J connectivity index is 1.59. The first-order valence-electron chi connectivity index (χ1n) is 9.29. The number of furan rings is 1. The van der Waals surface area contributed by atoms with Gasteiger partial charge >= 0.3 is 0 Å². The van der Waals surface area contributed by atoms with Gasteiger partial charge < -0.3 is 14.7 Å². The standard InChI is InChI=1S/C22H24N2O3/c1-12-19-15(10-22(3,4)11-16(19)25)24-20(12)21(26)23-13(2)18-9-14-7-5-6-8-17(14)27-18/h5-9,13,24H,10-11H2,1-4H3,(H,23,26). The van der Waals surface area contributed by atoms with E-state index in [-0.39, 0.29) is 23.1 Å². The zero-order chi connectivity index (χ0) is 19.3. The van der Waals surface area contributed by atoms with Crippen molar-refractivity contribution in [2.45, 2.75) is 46.6 Å². The maximum absolute atomic E-state index is 12.9. The van der Waals surface area contributed by atoms with Crippen LogP contribution in [0.4, 0.5) is 0 Å². The van der Waals surface area contributed by atoms with Crippen LogP contribution in [-0.2, 0) is 6.42 Å². The number of hydrogen-bond donors (Lipinski definition) is 2. The number of benzene rings is 1. The Hall–Kier alpha value is -2.82. The second kappa shape index (κ2) is 6.12. The van der Waals surface area contributed by atoms with Gasteiger partial charge in [0.05, 0.1) is 6.04 Å². The van der Waals surface area contributed by atoms with Crippen LogP contribution < -0.4 is 5.32 Å². The molecule has 1 aliphatic rings.